The monoisotopic (exact) mass is 501 g/mol. The highest BCUT2D eigenvalue weighted by atomic mass is 19.4. The first kappa shape index (κ1) is 25.6. The summed E-state index contributed by atoms with van der Waals surface area (Å²) in [6, 6.07) is 12.4. The molecule has 4 rings (SSSR count). The topological polar surface area (TPSA) is 73.5 Å². The Hall–Kier alpha value is -3.53. The Bertz CT molecular complexity index is 1170. The van der Waals surface area contributed by atoms with Crippen molar-refractivity contribution in [2.45, 2.75) is 38.5 Å². The van der Waals surface area contributed by atoms with Gasteiger partial charge in [-0.15, -0.1) is 0 Å². The Morgan fingerprint density at radius 2 is 1.78 bits per heavy atom. The Kier molecular flexibility index (Phi) is 7.53. The van der Waals surface area contributed by atoms with Crippen molar-refractivity contribution in [1.29, 1.82) is 0 Å². The number of urea groups is 1. The van der Waals surface area contributed by atoms with Crippen molar-refractivity contribution in [2.75, 3.05) is 32.1 Å². The summed E-state index contributed by atoms with van der Waals surface area (Å²) >= 11 is 0. The van der Waals surface area contributed by atoms with E-state index in [0.717, 1.165) is 60.9 Å². The number of methoxy groups -OCH3 is 1. The summed E-state index contributed by atoms with van der Waals surface area (Å²) < 4.78 is 43.8. The number of aryl methyl sites for hydroxylation is 1. The van der Waals surface area contributed by atoms with Crippen LogP contribution in [-0.2, 0) is 12.7 Å². The lowest BCUT2D eigenvalue weighted by Crippen LogP contribution is -2.50. The first-order chi connectivity index (χ1) is 17.2. The number of hydrogen-bond acceptors (Lipinski definition) is 4. The zero-order chi connectivity index (χ0) is 25.9. The highest BCUT2D eigenvalue weighted by Crippen LogP contribution is 2.31. The summed E-state index contributed by atoms with van der Waals surface area (Å²) in [4.78, 5) is 24.6. The standard InChI is InChI=1S/C26H30F3N5O2/c1-17-23(32-24(31-17)18-4-6-19(7-5-18)26(27,28)29)16-33-14-12-21(13-15-33)34(25(35)30-2)20-8-10-22(36-3)11-9-20/h4-11,21H,12-16H2,1-3H3,(H,30,35)(H,31,32). The van der Waals surface area contributed by atoms with E-state index in [1.54, 1.807) is 19.1 Å². The lowest BCUT2D eigenvalue weighted by molar-refractivity contribution is -0.137. The zero-order valence-corrected chi connectivity index (χ0v) is 20.5. The average Bonchev–Trinajstić information content (AvgIpc) is 3.25. The van der Waals surface area contributed by atoms with Crippen molar-refractivity contribution in [3.63, 3.8) is 0 Å². The molecule has 0 saturated carbocycles. The molecule has 0 spiro atoms. The van der Waals surface area contributed by atoms with Crippen LogP contribution < -0.4 is 15.0 Å². The number of amides is 2. The molecule has 1 saturated heterocycles. The molecule has 2 heterocycles. The van der Waals surface area contributed by atoms with E-state index in [4.69, 9.17) is 4.74 Å². The molecule has 36 heavy (non-hydrogen) atoms. The molecule has 1 aliphatic rings. The summed E-state index contributed by atoms with van der Waals surface area (Å²) in [5.41, 5.74) is 2.49. The first-order valence-corrected chi connectivity index (χ1v) is 11.8. The minimum absolute atomic E-state index is 0.0533. The van der Waals surface area contributed by atoms with Gasteiger partial charge in [-0.05, 0) is 56.2 Å². The van der Waals surface area contributed by atoms with E-state index in [9.17, 15) is 18.0 Å². The van der Waals surface area contributed by atoms with Gasteiger partial charge in [0.1, 0.15) is 11.6 Å². The number of H-pyrrole nitrogens is 1. The van der Waals surface area contributed by atoms with E-state index in [0.29, 0.717) is 17.9 Å². The van der Waals surface area contributed by atoms with E-state index in [-0.39, 0.29) is 12.1 Å². The Morgan fingerprint density at radius 1 is 1.14 bits per heavy atom. The van der Waals surface area contributed by atoms with E-state index in [1.807, 2.05) is 31.2 Å². The number of rotatable bonds is 6. The van der Waals surface area contributed by atoms with Crippen LogP contribution in [-0.4, -0.2) is 54.2 Å². The Labute approximate surface area is 208 Å². The number of carbonyl (C=O) groups is 1. The van der Waals surface area contributed by atoms with Crippen LogP contribution in [0.1, 0.15) is 29.8 Å². The van der Waals surface area contributed by atoms with Gasteiger partial charge in [0, 0.05) is 49.7 Å². The fourth-order valence-corrected chi connectivity index (χ4v) is 4.51. The summed E-state index contributed by atoms with van der Waals surface area (Å²) in [5, 5.41) is 2.74. The van der Waals surface area contributed by atoms with Crippen LogP contribution in [0.2, 0.25) is 0 Å². The van der Waals surface area contributed by atoms with Gasteiger partial charge in [-0.1, -0.05) is 12.1 Å². The number of aromatic nitrogens is 2. The lowest BCUT2D eigenvalue weighted by Gasteiger charge is -2.38. The quantitative estimate of drug-likeness (QED) is 0.486. The third-order valence-electron chi connectivity index (χ3n) is 6.55. The number of ether oxygens (including phenoxy) is 1. The smallest absolute Gasteiger partial charge is 0.416 e. The highest BCUT2D eigenvalue weighted by Gasteiger charge is 2.31. The van der Waals surface area contributed by atoms with Crippen LogP contribution in [0.5, 0.6) is 5.75 Å². The number of piperidine rings is 1. The van der Waals surface area contributed by atoms with Crippen molar-refractivity contribution in [1.82, 2.24) is 20.2 Å². The van der Waals surface area contributed by atoms with Crippen LogP contribution >= 0.6 is 0 Å². The van der Waals surface area contributed by atoms with Gasteiger partial charge < -0.3 is 15.0 Å². The normalized spacial score (nSPS) is 15.1. The fraction of sp³-hybridized carbons (Fsp3) is 0.385. The molecule has 1 aromatic heterocycles. The minimum atomic E-state index is -4.37. The molecule has 2 N–H and O–H groups in total. The first-order valence-electron chi connectivity index (χ1n) is 11.8. The van der Waals surface area contributed by atoms with Crippen LogP contribution in [0.25, 0.3) is 11.4 Å². The van der Waals surface area contributed by atoms with Crippen molar-refractivity contribution >= 4 is 11.7 Å². The molecule has 1 aliphatic heterocycles. The highest BCUT2D eigenvalue weighted by molar-refractivity contribution is 5.92. The van der Waals surface area contributed by atoms with Crippen LogP contribution in [0.4, 0.5) is 23.7 Å². The molecule has 2 amide bonds. The molecule has 0 radical (unpaired) electrons. The number of carbonyl (C=O) groups excluding carboxylic acids is 1. The molecule has 1 fully saturated rings. The Morgan fingerprint density at radius 3 is 2.33 bits per heavy atom. The second-order valence-corrected chi connectivity index (χ2v) is 8.86. The maximum Gasteiger partial charge on any atom is 0.416 e. The SMILES string of the molecule is CNC(=O)N(c1ccc(OC)cc1)C1CCN(Cc2nc(-c3ccc(C(F)(F)F)cc3)[nH]c2C)CC1. The number of halogens is 3. The van der Waals surface area contributed by atoms with Crippen LogP contribution in [0.15, 0.2) is 48.5 Å². The molecule has 192 valence electrons. The maximum atomic E-state index is 12.9. The number of nitrogens with one attached hydrogen (secondary N) is 2. The average molecular weight is 502 g/mol. The van der Waals surface area contributed by atoms with Gasteiger partial charge >= 0.3 is 12.2 Å². The number of likely N-dealkylation sites (tertiary alicyclic amines) is 1. The lowest BCUT2D eigenvalue weighted by atomic mass is 10.0. The predicted molar refractivity (Wildman–Crippen MR) is 132 cm³/mol. The third kappa shape index (κ3) is 5.64. The molecule has 10 heteroatoms. The van der Waals surface area contributed by atoms with Crippen molar-refractivity contribution in [3.8, 4) is 17.1 Å². The molecule has 7 nitrogen and oxygen atoms in total. The second-order valence-electron chi connectivity index (χ2n) is 8.86. The third-order valence-corrected chi connectivity index (χ3v) is 6.55. The number of anilines is 1. The van der Waals surface area contributed by atoms with Gasteiger partial charge in [-0.3, -0.25) is 9.80 Å². The van der Waals surface area contributed by atoms with Gasteiger partial charge in [-0.2, -0.15) is 13.2 Å². The largest absolute Gasteiger partial charge is 0.497 e. The van der Waals surface area contributed by atoms with Gasteiger partial charge in [0.2, 0.25) is 0 Å². The molecular formula is C26H30F3N5O2. The van der Waals surface area contributed by atoms with Gasteiger partial charge in [0.25, 0.3) is 0 Å². The van der Waals surface area contributed by atoms with E-state index >= 15 is 0 Å². The number of nitrogens with zero attached hydrogens (tertiary/aromatic N) is 3. The van der Waals surface area contributed by atoms with Gasteiger partial charge in [0.05, 0.1) is 18.4 Å². The van der Waals surface area contributed by atoms with Gasteiger partial charge in [-0.25, -0.2) is 9.78 Å². The maximum absolute atomic E-state index is 12.9. The molecule has 3 aromatic rings. The minimum Gasteiger partial charge on any atom is -0.497 e. The zero-order valence-electron chi connectivity index (χ0n) is 20.5. The number of hydrogen-bond donors (Lipinski definition) is 2. The van der Waals surface area contributed by atoms with Crippen molar-refractivity contribution in [2.24, 2.45) is 0 Å². The molecule has 0 aliphatic carbocycles. The van der Waals surface area contributed by atoms with E-state index in [2.05, 4.69) is 20.2 Å². The van der Waals surface area contributed by atoms with E-state index in [1.165, 1.54) is 12.1 Å². The summed E-state index contributed by atoms with van der Waals surface area (Å²) in [7, 11) is 3.23. The number of alkyl halides is 3. The van der Waals surface area contributed by atoms with Crippen molar-refractivity contribution < 1.29 is 22.7 Å². The predicted octanol–water partition coefficient (Wildman–Crippen LogP) is 5.22. The summed E-state index contributed by atoms with van der Waals surface area (Å²) in [6.45, 7) is 4.12. The molecule has 0 atom stereocenters. The van der Waals surface area contributed by atoms with E-state index < -0.39 is 11.7 Å². The number of aromatic amines is 1. The van der Waals surface area contributed by atoms with Gasteiger partial charge in [0.15, 0.2) is 0 Å². The summed E-state index contributed by atoms with van der Waals surface area (Å²) in [5.74, 6) is 1.28. The Balaban J connectivity index is 1.41. The molecule has 0 unspecified atom stereocenters. The number of benzene rings is 2. The molecule has 2 aromatic carbocycles. The van der Waals surface area contributed by atoms with Crippen LogP contribution in [0.3, 0.4) is 0 Å². The second kappa shape index (κ2) is 10.6. The number of imidazole rings is 1. The van der Waals surface area contributed by atoms with Crippen molar-refractivity contribution in [3.05, 3.63) is 65.5 Å². The fourth-order valence-electron chi connectivity index (χ4n) is 4.51. The molecule has 0 bridgehead atoms. The van der Waals surface area contributed by atoms with Crippen LogP contribution in [0, 0.1) is 6.92 Å². The summed E-state index contributed by atoms with van der Waals surface area (Å²) in [6.07, 6.45) is -2.76. The molecular weight excluding hydrogens is 471 g/mol.